The van der Waals surface area contributed by atoms with Crippen LogP contribution in [0.2, 0.25) is 0 Å². The average Bonchev–Trinajstić information content (AvgIpc) is 2.83. The van der Waals surface area contributed by atoms with Crippen molar-refractivity contribution in [2.24, 2.45) is 0 Å². The third-order valence-corrected chi connectivity index (χ3v) is 3.95. The summed E-state index contributed by atoms with van der Waals surface area (Å²) >= 11 is 3.22. The van der Waals surface area contributed by atoms with E-state index in [9.17, 15) is 9.90 Å². The lowest BCUT2D eigenvalue weighted by Crippen LogP contribution is -2.35. The summed E-state index contributed by atoms with van der Waals surface area (Å²) < 4.78 is 5.55. The minimum Gasteiger partial charge on any atom is -0.508 e. The first-order valence-corrected chi connectivity index (χ1v) is 6.77. The zero-order valence-electron chi connectivity index (χ0n) is 10.1. The van der Waals surface area contributed by atoms with Crippen LogP contribution in [-0.2, 0) is 13.0 Å². The number of halogens is 1. The SMILES string of the molecule is O=C(c1ccoc1Br)N1CCc2ccc(O)cc2C1. The summed E-state index contributed by atoms with van der Waals surface area (Å²) in [6.45, 7) is 1.19. The Kier molecular flexibility index (Phi) is 3.06. The molecule has 1 aliphatic heterocycles. The van der Waals surface area contributed by atoms with Gasteiger partial charge in [0, 0.05) is 13.1 Å². The van der Waals surface area contributed by atoms with Crippen LogP contribution in [0.4, 0.5) is 0 Å². The lowest BCUT2D eigenvalue weighted by atomic mass is 9.99. The highest BCUT2D eigenvalue weighted by Gasteiger charge is 2.24. The monoisotopic (exact) mass is 321 g/mol. The number of hydrogen-bond acceptors (Lipinski definition) is 3. The maximum Gasteiger partial charge on any atom is 0.258 e. The molecule has 0 atom stereocenters. The van der Waals surface area contributed by atoms with Crippen LogP contribution in [0.5, 0.6) is 5.75 Å². The van der Waals surface area contributed by atoms with Crippen molar-refractivity contribution >= 4 is 21.8 Å². The summed E-state index contributed by atoms with van der Waals surface area (Å²) in [4.78, 5) is 14.1. The van der Waals surface area contributed by atoms with Gasteiger partial charge in [-0.05, 0) is 51.7 Å². The van der Waals surface area contributed by atoms with Crippen molar-refractivity contribution in [2.45, 2.75) is 13.0 Å². The van der Waals surface area contributed by atoms with E-state index in [1.807, 2.05) is 6.07 Å². The molecule has 1 aromatic carbocycles. The van der Waals surface area contributed by atoms with E-state index in [1.165, 1.54) is 11.8 Å². The van der Waals surface area contributed by atoms with Crippen molar-refractivity contribution in [3.8, 4) is 5.75 Å². The second kappa shape index (κ2) is 4.74. The minimum atomic E-state index is -0.0605. The fourth-order valence-electron chi connectivity index (χ4n) is 2.33. The summed E-state index contributed by atoms with van der Waals surface area (Å²) in [6, 6.07) is 6.98. The normalized spacial score (nSPS) is 14.3. The summed E-state index contributed by atoms with van der Waals surface area (Å²) in [7, 11) is 0. The van der Waals surface area contributed by atoms with Gasteiger partial charge in [0.25, 0.3) is 5.91 Å². The summed E-state index contributed by atoms with van der Waals surface area (Å²) in [5, 5.41) is 9.52. The van der Waals surface area contributed by atoms with E-state index in [4.69, 9.17) is 4.42 Å². The van der Waals surface area contributed by atoms with Crippen LogP contribution in [0.25, 0.3) is 0 Å². The van der Waals surface area contributed by atoms with Crippen LogP contribution in [0.15, 0.2) is 39.6 Å². The van der Waals surface area contributed by atoms with Crippen molar-refractivity contribution in [3.63, 3.8) is 0 Å². The fourth-order valence-corrected chi connectivity index (χ4v) is 2.74. The topological polar surface area (TPSA) is 53.7 Å². The number of amides is 1. The highest BCUT2D eigenvalue weighted by molar-refractivity contribution is 9.10. The van der Waals surface area contributed by atoms with Crippen LogP contribution >= 0.6 is 15.9 Å². The second-order valence-electron chi connectivity index (χ2n) is 4.54. The molecule has 5 heteroatoms. The van der Waals surface area contributed by atoms with Gasteiger partial charge in [-0.15, -0.1) is 0 Å². The number of carbonyl (C=O) groups is 1. The number of nitrogens with zero attached hydrogens (tertiary/aromatic N) is 1. The van der Waals surface area contributed by atoms with Gasteiger partial charge in [-0.2, -0.15) is 0 Å². The first-order valence-electron chi connectivity index (χ1n) is 5.98. The minimum absolute atomic E-state index is 0.0605. The van der Waals surface area contributed by atoms with Crippen molar-refractivity contribution in [1.29, 1.82) is 0 Å². The van der Waals surface area contributed by atoms with Gasteiger partial charge >= 0.3 is 0 Å². The van der Waals surface area contributed by atoms with Gasteiger partial charge < -0.3 is 14.4 Å². The van der Waals surface area contributed by atoms with Gasteiger partial charge in [0.15, 0.2) is 4.67 Å². The molecule has 1 amide bonds. The van der Waals surface area contributed by atoms with E-state index >= 15 is 0 Å². The third kappa shape index (κ3) is 2.26. The first kappa shape index (κ1) is 12.3. The molecule has 19 heavy (non-hydrogen) atoms. The predicted octanol–water partition coefficient (Wildman–Crippen LogP) is 2.95. The van der Waals surface area contributed by atoms with Gasteiger partial charge in [0.05, 0.1) is 11.8 Å². The highest BCUT2D eigenvalue weighted by atomic mass is 79.9. The van der Waals surface area contributed by atoms with E-state index in [1.54, 1.807) is 23.1 Å². The third-order valence-electron chi connectivity index (χ3n) is 3.34. The molecule has 0 fully saturated rings. The second-order valence-corrected chi connectivity index (χ2v) is 5.26. The number of fused-ring (bicyclic) bond motifs is 1. The zero-order chi connectivity index (χ0) is 13.4. The molecule has 0 saturated heterocycles. The van der Waals surface area contributed by atoms with Crippen LogP contribution in [-0.4, -0.2) is 22.5 Å². The average molecular weight is 322 g/mol. The number of hydrogen-bond donors (Lipinski definition) is 1. The summed E-state index contributed by atoms with van der Waals surface area (Å²) in [5.74, 6) is 0.173. The maximum atomic E-state index is 12.3. The Balaban J connectivity index is 1.86. The predicted molar refractivity (Wildman–Crippen MR) is 73.0 cm³/mol. The quantitative estimate of drug-likeness (QED) is 0.878. The Morgan fingerprint density at radius 1 is 1.32 bits per heavy atom. The Labute approximate surface area is 118 Å². The lowest BCUT2D eigenvalue weighted by Gasteiger charge is -2.28. The molecule has 0 spiro atoms. The molecule has 0 bridgehead atoms. The zero-order valence-corrected chi connectivity index (χ0v) is 11.7. The van der Waals surface area contributed by atoms with E-state index in [0.717, 1.165) is 12.0 Å². The molecule has 0 radical (unpaired) electrons. The molecule has 2 aromatic rings. The number of benzene rings is 1. The molecule has 98 valence electrons. The van der Waals surface area contributed by atoms with E-state index in [0.29, 0.717) is 23.3 Å². The number of phenols is 1. The molecule has 0 aliphatic carbocycles. The molecule has 2 heterocycles. The van der Waals surface area contributed by atoms with E-state index < -0.39 is 0 Å². The van der Waals surface area contributed by atoms with Gasteiger partial charge in [0.2, 0.25) is 0 Å². The van der Waals surface area contributed by atoms with Crippen LogP contribution < -0.4 is 0 Å². The molecule has 0 unspecified atom stereocenters. The number of furan rings is 1. The highest BCUT2D eigenvalue weighted by Crippen LogP contribution is 2.26. The number of rotatable bonds is 1. The van der Waals surface area contributed by atoms with Crippen LogP contribution in [0, 0.1) is 0 Å². The van der Waals surface area contributed by atoms with E-state index in [2.05, 4.69) is 15.9 Å². The first-order chi connectivity index (χ1) is 9.15. The smallest absolute Gasteiger partial charge is 0.258 e. The van der Waals surface area contributed by atoms with Gasteiger partial charge in [-0.1, -0.05) is 6.07 Å². The largest absolute Gasteiger partial charge is 0.508 e. The van der Waals surface area contributed by atoms with Crippen molar-refractivity contribution in [1.82, 2.24) is 4.90 Å². The molecule has 4 nitrogen and oxygen atoms in total. The van der Waals surface area contributed by atoms with Crippen molar-refractivity contribution in [3.05, 3.63) is 51.9 Å². The standard InChI is InChI=1S/C14H12BrNO3/c15-13-12(4-6-19-13)14(18)16-5-3-9-1-2-11(17)7-10(9)8-16/h1-2,4,6-7,17H,3,5,8H2. The van der Waals surface area contributed by atoms with E-state index in [-0.39, 0.29) is 11.7 Å². The Morgan fingerprint density at radius 3 is 2.89 bits per heavy atom. The van der Waals surface area contributed by atoms with Gasteiger partial charge in [-0.3, -0.25) is 4.79 Å². The lowest BCUT2D eigenvalue weighted by molar-refractivity contribution is 0.0732. The summed E-state index contributed by atoms with van der Waals surface area (Å²) in [5.41, 5.74) is 2.72. The molecule has 3 rings (SSSR count). The molecule has 1 aliphatic rings. The van der Waals surface area contributed by atoms with Gasteiger partial charge in [0.1, 0.15) is 5.75 Å². The molecule has 1 N–H and O–H groups in total. The molecular formula is C14H12BrNO3. The Hall–Kier alpha value is -1.75. The maximum absolute atomic E-state index is 12.3. The summed E-state index contributed by atoms with van der Waals surface area (Å²) in [6.07, 6.45) is 2.29. The van der Waals surface area contributed by atoms with Crippen molar-refractivity contribution < 1.29 is 14.3 Å². The molecule has 1 aromatic heterocycles. The fraction of sp³-hybridized carbons (Fsp3) is 0.214. The number of aromatic hydroxyl groups is 1. The van der Waals surface area contributed by atoms with Gasteiger partial charge in [-0.25, -0.2) is 0 Å². The number of carbonyl (C=O) groups excluding carboxylic acids is 1. The molecule has 0 saturated carbocycles. The number of phenolic OH excluding ortho intramolecular Hbond substituents is 1. The van der Waals surface area contributed by atoms with Crippen LogP contribution in [0.1, 0.15) is 21.5 Å². The molecular weight excluding hydrogens is 310 g/mol. The Morgan fingerprint density at radius 2 is 2.16 bits per heavy atom. The van der Waals surface area contributed by atoms with Crippen molar-refractivity contribution in [2.75, 3.05) is 6.54 Å². The Bertz CT molecular complexity index is 635. The van der Waals surface area contributed by atoms with Crippen LogP contribution in [0.3, 0.4) is 0 Å².